The molecule has 0 bridgehead atoms. The smallest absolute Gasteiger partial charge is 0.272 e. The van der Waals surface area contributed by atoms with Gasteiger partial charge in [-0.15, -0.1) is 0 Å². The van der Waals surface area contributed by atoms with Gasteiger partial charge in [0.15, 0.2) is 0 Å². The molecule has 3 N–H and O–H groups in total. The Morgan fingerprint density at radius 2 is 1.88 bits per heavy atom. The van der Waals surface area contributed by atoms with E-state index in [0.29, 0.717) is 17.0 Å². The van der Waals surface area contributed by atoms with Gasteiger partial charge in [-0.3, -0.25) is 4.79 Å². The molecule has 0 aliphatic heterocycles. The summed E-state index contributed by atoms with van der Waals surface area (Å²) in [7, 11) is 0. The molecule has 2 atom stereocenters. The average Bonchev–Trinajstić information content (AvgIpc) is 2.61. The van der Waals surface area contributed by atoms with Gasteiger partial charge in [0.25, 0.3) is 6.43 Å². The van der Waals surface area contributed by atoms with Crippen molar-refractivity contribution in [3.63, 3.8) is 0 Å². The summed E-state index contributed by atoms with van der Waals surface area (Å²) in [4.78, 5) is 12.4. The number of halogens is 2. The number of nitrogens with two attached hydrogens (primary N) is 1. The minimum atomic E-state index is -2.55. The highest BCUT2D eigenvalue weighted by atomic mass is 19.3. The van der Waals surface area contributed by atoms with Crippen molar-refractivity contribution in [2.24, 2.45) is 11.7 Å². The van der Waals surface area contributed by atoms with E-state index in [1.165, 1.54) is 6.07 Å². The fourth-order valence-corrected chi connectivity index (χ4v) is 2.37. The van der Waals surface area contributed by atoms with Crippen LogP contribution in [0.4, 0.5) is 14.5 Å². The summed E-state index contributed by atoms with van der Waals surface area (Å²) < 4.78 is 29.7. The Morgan fingerprint density at radius 3 is 2.52 bits per heavy atom. The number of aryl methyl sites for hydroxylation is 1. The molecule has 4 nitrogen and oxygen atoms in total. The Morgan fingerprint density at radius 1 is 1.20 bits per heavy atom. The van der Waals surface area contributed by atoms with Gasteiger partial charge in [0.2, 0.25) is 5.91 Å². The zero-order chi connectivity index (χ0) is 18.4. The van der Waals surface area contributed by atoms with Crippen LogP contribution in [0.15, 0.2) is 48.5 Å². The molecule has 0 fully saturated rings. The van der Waals surface area contributed by atoms with E-state index in [9.17, 15) is 13.6 Å². The summed E-state index contributed by atoms with van der Waals surface area (Å²) in [5, 5.41) is 2.76. The number of ether oxygens (including phenoxy) is 1. The van der Waals surface area contributed by atoms with Gasteiger partial charge in [0.1, 0.15) is 12.4 Å². The summed E-state index contributed by atoms with van der Waals surface area (Å²) in [6.07, 6.45) is -2.55. The molecule has 0 spiro atoms. The number of benzene rings is 2. The first-order valence-corrected chi connectivity index (χ1v) is 8.01. The molecule has 2 aromatic rings. The molecule has 0 saturated carbocycles. The summed E-state index contributed by atoms with van der Waals surface area (Å²) in [5.74, 6) is -0.396. The highest BCUT2D eigenvalue weighted by Crippen LogP contribution is 2.25. The van der Waals surface area contributed by atoms with E-state index in [-0.39, 0.29) is 5.91 Å². The van der Waals surface area contributed by atoms with Crippen molar-refractivity contribution >= 4 is 11.6 Å². The van der Waals surface area contributed by atoms with Gasteiger partial charge < -0.3 is 15.8 Å². The number of hydrogen-bond donors (Lipinski definition) is 2. The largest absolute Gasteiger partial charge is 0.487 e. The normalized spacial score (nSPS) is 13.4. The lowest BCUT2D eigenvalue weighted by Crippen LogP contribution is -2.30. The molecule has 0 aliphatic carbocycles. The highest BCUT2D eigenvalue weighted by Gasteiger charge is 2.22. The minimum Gasteiger partial charge on any atom is -0.487 e. The maximum atomic E-state index is 12.4. The van der Waals surface area contributed by atoms with Crippen LogP contribution in [-0.2, 0) is 4.79 Å². The van der Waals surface area contributed by atoms with E-state index in [1.807, 2.05) is 30.3 Å². The molecule has 2 rings (SSSR count). The number of alkyl halides is 2. The van der Waals surface area contributed by atoms with Gasteiger partial charge in [-0.2, -0.15) is 0 Å². The number of nitrogens with one attached hydrogen (secondary N) is 1. The minimum absolute atomic E-state index is 0.250. The molecule has 0 aromatic heterocycles. The van der Waals surface area contributed by atoms with Crippen molar-refractivity contribution in [2.75, 3.05) is 11.9 Å². The van der Waals surface area contributed by atoms with Gasteiger partial charge in [-0.1, -0.05) is 43.3 Å². The number of carbonyl (C=O) groups excluding carboxylic acids is 1. The lowest BCUT2D eigenvalue weighted by atomic mass is 9.94. The first-order valence-electron chi connectivity index (χ1n) is 8.01. The predicted molar refractivity (Wildman–Crippen MR) is 93.8 cm³/mol. The van der Waals surface area contributed by atoms with Gasteiger partial charge >= 0.3 is 0 Å². The number of rotatable bonds is 7. The van der Waals surface area contributed by atoms with Crippen LogP contribution in [0.25, 0.3) is 0 Å². The van der Waals surface area contributed by atoms with Crippen LogP contribution in [-0.4, -0.2) is 18.9 Å². The topological polar surface area (TPSA) is 64.4 Å². The van der Waals surface area contributed by atoms with E-state index in [0.717, 1.165) is 5.56 Å². The zero-order valence-corrected chi connectivity index (χ0v) is 14.2. The van der Waals surface area contributed by atoms with Crippen molar-refractivity contribution in [2.45, 2.75) is 26.3 Å². The standard InChI is InChI=1S/C19H22F2N2O2/c1-12-8-9-15(10-16(12)25-11-17(20)21)23-19(24)13(2)18(22)14-6-4-3-5-7-14/h3-10,13,17-18H,11,22H2,1-2H3,(H,23,24). The van der Waals surface area contributed by atoms with Crippen LogP contribution < -0.4 is 15.8 Å². The maximum Gasteiger partial charge on any atom is 0.272 e. The predicted octanol–water partition coefficient (Wildman–Crippen LogP) is 3.91. The second kappa shape index (κ2) is 8.58. The summed E-state index contributed by atoms with van der Waals surface area (Å²) in [5.41, 5.74) is 8.22. The Hall–Kier alpha value is -2.47. The first kappa shape index (κ1) is 18.9. The molecule has 0 saturated heterocycles. The zero-order valence-electron chi connectivity index (χ0n) is 14.2. The molecule has 6 heteroatoms. The maximum absolute atomic E-state index is 12.4. The van der Waals surface area contributed by atoms with Crippen LogP contribution in [0, 0.1) is 12.8 Å². The molecule has 25 heavy (non-hydrogen) atoms. The first-order chi connectivity index (χ1) is 11.9. The van der Waals surface area contributed by atoms with Crippen molar-refractivity contribution in [1.29, 1.82) is 0 Å². The Kier molecular flexibility index (Phi) is 6.47. The van der Waals surface area contributed by atoms with Crippen LogP contribution in [0.1, 0.15) is 24.1 Å². The second-order valence-electron chi connectivity index (χ2n) is 5.90. The average molecular weight is 348 g/mol. The van der Waals surface area contributed by atoms with Gasteiger partial charge in [0.05, 0.1) is 5.92 Å². The fraction of sp³-hybridized carbons (Fsp3) is 0.316. The molecule has 134 valence electrons. The van der Waals surface area contributed by atoms with Crippen molar-refractivity contribution in [3.8, 4) is 5.75 Å². The monoisotopic (exact) mass is 348 g/mol. The van der Waals surface area contributed by atoms with Crippen molar-refractivity contribution < 1.29 is 18.3 Å². The lowest BCUT2D eigenvalue weighted by molar-refractivity contribution is -0.120. The summed E-state index contributed by atoms with van der Waals surface area (Å²) >= 11 is 0. The van der Waals surface area contributed by atoms with E-state index in [1.54, 1.807) is 26.0 Å². The van der Waals surface area contributed by atoms with Gasteiger partial charge in [-0.25, -0.2) is 8.78 Å². The Bertz CT molecular complexity index is 708. The molecule has 0 heterocycles. The Labute approximate surface area is 146 Å². The second-order valence-corrected chi connectivity index (χ2v) is 5.90. The molecule has 0 radical (unpaired) electrons. The van der Waals surface area contributed by atoms with E-state index in [4.69, 9.17) is 10.5 Å². The summed E-state index contributed by atoms with van der Waals surface area (Å²) in [6.45, 7) is 2.81. The van der Waals surface area contributed by atoms with Gasteiger partial charge in [0, 0.05) is 17.8 Å². The third kappa shape index (κ3) is 5.26. The molecular weight excluding hydrogens is 326 g/mol. The van der Waals surface area contributed by atoms with Crippen LogP contribution in [0.5, 0.6) is 5.75 Å². The number of anilines is 1. The van der Waals surface area contributed by atoms with Gasteiger partial charge in [-0.05, 0) is 24.1 Å². The third-order valence-corrected chi connectivity index (χ3v) is 3.96. The number of amides is 1. The number of hydrogen-bond acceptors (Lipinski definition) is 3. The summed E-state index contributed by atoms with van der Waals surface area (Å²) in [6, 6.07) is 13.9. The van der Waals surface area contributed by atoms with E-state index < -0.39 is 25.0 Å². The highest BCUT2D eigenvalue weighted by molar-refractivity contribution is 5.93. The SMILES string of the molecule is Cc1ccc(NC(=O)C(C)C(N)c2ccccc2)cc1OCC(F)F. The molecule has 1 amide bonds. The van der Waals surface area contributed by atoms with E-state index in [2.05, 4.69) is 5.32 Å². The van der Waals surface area contributed by atoms with Crippen LogP contribution >= 0.6 is 0 Å². The fourth-order valence-electron chi connectivity index (χ4n) is 2.37. The molecule has 0 aliphatic rings. The van der Waals surface area contributed by atoms with Crippen molar-refractivity contribution in [3.05, 3.63) is 59.7 Å². The molecule has 2 aromatic carbocycles. The molecular formula is C19H22F2N2O2. The van der Waals surface area contributed by atoms with Crippen LogP contribution in [0.3, 0.4) is 0 Å². The van der Waals surface area contributed by atoms with Crippen molar-refractivity contribution in [1.82, 2.24) is 0 Å². The quantitative estimate of drug-likeness (QED) is 0.797. The lowest BCUT2D eigenvalue weighted by Gasteiger charge is -2.20. The third-order valence-electron chi connectivity index (χ3n) is 3.96. The van der Waals surface area contributed by atoms with Crippen LogP contribution in [0.2, 0.25) is 0 Å². The number of carbonyl (C=O) groups is 1. The Balaban J connectivity index is 2.05. The van der Waals surface area contributed by atoms with E-state index >= 15 is 0 Å². The molecule has 2 unspecified atom stereocenters.